The van der Waals surface area contributed by atoms with Crippen LogP contribution in [0.4, 0.5) is 0 Å². The van der Waals surface area contributed by atoms with Crippen molar-refractivity contribution in [3.05, 3.63) is 30.1 Å². The minimum absolute atomic E-state index is 0. The molecule has 0 aliphatic heterocycles. The molecule has 0 aliphatic carbocycles. The van der Waals surface area contributed by atoms with Gasteiger partial charge in [-0.15, -0.1) is 12.4 Å². The lowest BCUT2D eigenvalue weighted by atomic mass is 10.3. The van der Waals surface area contributed by atoms with Gasteiger partial charge in [0, 0.05) is 18.6 Å². The van der Waals surface area contributed by atoms with Gasteiger partial charge in [0.25, 0.3) is 0 Å². The van der Waals surface area contributed by atoms with Crippen LogP contribution in [-0.4, -0.2) is 6.54 Å². The highest BCUT2D eigenvalue weighted by Crippen LogP contribution is 1.89. The Labute approximate surface area is 92.0 Å². The van der Waals surface area contributed by atoms with Crippen molar-refractivity contribution in [2.24, 2.45) is 5.73 Å². The maximum absolute atomic E-state index is 5.39. The van der Waals surface area contributed by atoms with Gasteiger partial charge in [0.2, 0.25) is 0 Å². The molecule has 1 aromatic heterocycles. The summed E-state index contributed by atoms with van der Waals surface area (Å²) in [5, 5.41) is 0. The monoisotopic (exact) mass is 222 g/mol. The third-order valence-corrected chi connectivity index (χ3v) is 1.68. The van der Waals surface area contributed by atoms with Crippen molar-refractivity contribution in [2.75, 3.05) is 6.54 Å². The summed E-state index contributed by atoms with van der Waals surface area (Å²) in [6.45, 7) is 3.88. The van der Waals surface area contributed by atoms with E-state index in [4.69, 9.17) is 5.73 Å². The van der Waals surface area contributed by atoms with Gasteiger partial charge < -0.3 is 18.1 Å². The van der Waals surface area contributed by atoms with E-state index >= 15 is 0 Å². The SMILES string of the molecule is Cc1cc[n+](CCCN)cc1.Cl.[Cl-]. The highest BCUT2D eigenvalue weighted by molar-refractivity contribution is 5.85. The maximum Gasteiger partial charge on any atom is 0.169 e. The zero-order valence-electron chi connectivity index (χ0n) is 7.74. The van der Waals surface area contributed by atoms with Gasteiger partial charge in [0.1, 0.15) is 6.54 Å². The van der Waals surface area contributed by atoms with Gasteiger partial charge in [-0.1, -0.05) is 0 Å². The van der Waals surface area contributed by atoms with E-state index < -0.39 is 0 Å². The van der Waals surface area contributed by atoms with Crippen molar-refractivity contribution in [2.45, 2.75) is 19.9 Å². The van der Waals surface area contributed by atoms with Crippen molar-refractivity contribution in [1.29, 1.82) is 0 Å². The molecule has 1 rings (SSSR count). The fourth-order valence-corrected chi connectivity index (χ4v) is 0.955. The minimum atomic E-state index is 0. The molecule has 0 bridgehead atoms. The number of aryl methyl sites for hydroxylation is 2. The van der Waals surface area contributed by atoms with E-state index in [1.54, 1.807) is 0 Å². The Bertz CT molecular complexity index is 211. The Balaban J connectivity index is 0. The number of nitrogens with zero attached hydrogens (tertiary/aromatic N) is 1. The number of nitrogens with two attached hydrogens (primary N) is 1. The molecule has 0 amide bonds. The molecule has 0 spiro atoms. The van der Waals surface area contributed by atoms with E-state index in [0.29, 0.717) is 0 Å². The molecule has 1 aromatic rings. The molecule has 0 saturated carbocycles. The summed E-state index contributed by atoms with van der Waals surface area (Å²) < 4.78 is 2.15. The molecular weight excluding hydrogens is 207 g/mol. The van der Waals surface area contributed by atoms with E-state index in [1.807, 2.05) is 0 Å². The normalized spacial score (nSPS) is 8.46. The molecule has 13 heavy (non-hydrogen) atoms. The molecule has 0 atom stereocenters. The number of halogens is 2. The second-order valence-electron chi connectivity index (χ2n) is 2.76. The van der Waals surface area contributed by atoms with E-state index in [9.17, 15) is 0 Å². The van der Waals surface area contributed by atoms with Crippen LogP contribution >= 0.6 is 12.4 Å². The predicted octanol–water partition coefficient (Wildman–Crippen LogP) is -1.94. The summed E-state index contributed by atoms with van der Waals surface area (Å²) in [7, 11) is 0. The first-order valence-electron chi connectivity index (χ1n) is 3.98. The van der Waals surface area contributed by atoms with Crippen LogP contribution in [0.1, 0.15) is 12.0 Å². The van der Waals surface area contributed by atoms with Crippen molar-refractivity contribution in [3.8, 4) is 0 Å². The molecule has 76 valence electrons. The lowest BCUT2D eigenvalue weighted by molar-refractivity contribution is -0.697. The smallest absolute Gasteiger partial charge is 0.169 e. The summed E-state index contributed by atoms with van der Waals surface area (Å²) in [6, 6.07) is 4.22. The first kappa shape index (κ1) is 15.2. The molecule has 0 aliphatic rings. The number of pyridine rings is 1. The quantitative estimate of drug-likeness (QED) is 0.593. The van der Waals surface area contributed by atoms with Crippen molar-refractivity contribution in [1.82, 2.24) is 0 Å². The van der Waals surface area contributed by atoms with Gasteiger partial charge >= 0.3 is 0 Å². The second-order valence-corrected chi connectivity index (χ2v) is 2.76. The Kier molecular flexibility index (Phi) is 9.68. The topological polar surface area (TPSA) is 29.9 Å². The van der Waals surface area contributed by atoms with Crippen molar-refractivity contribution in [3.63, 3.8) is 0 Å². The van der Waals surface area contributed by atoms with E-state index in [1.165, 1.54) is 5.56 Å². The van der Waals surface area contributed by atoms with Crippen LogP contribution in [0.3, 0.4) is 0 Å². The van der Waals surface area contributed by atoms with E-state index in [-0.39, 0.29) is 24.8 Å². The molecular formula is C9H16Cl2N2. The maximum atomic E-state index is 5.39. The largest absolute Gasteiger partial charge is 1.00 e. The molecule has 0 aromatic carbocycles. The number of hydrogen-bond acceptors (Lipinski definition) is 1. The molecule has 2 N–H and O–H groups in total. The lowest BCUT2D eigenvalue weighted by Crippen LogP contribution is -3.00. The summed E-state index contributed by atoms with van der Waals surface area (Å²) in [6.07, 6.45) is 5.23. The van der Waals surface area contributed by atoms with Crippen LogP contribution in [0.5, 0.6) is 0 Å². The first-order chi connectivity index (χ1) is 5.33. The van der Waals surface area contributed by atoms with Crippen LogP contribution in [0.15, 0.2) is 24.5 Å². The summed E-state index contributed by atoms with van der Waals surface area (Å²) in [5.41, 5.74) is 6.69. The third-order valence-electron chi connectivity index (χ3n) is 1.68. The highest BCUT2D eigenvalue weighted by atomic mass is 35.5. The minimum Gasteiger partial charge on any atom is -1.00 e. The molecule has 1 heterocycles. The van der Waals surface area contributed by atoms with Gasteiger partial charge in [-0.2, -0.15) is 0 Å². The van der Waals surface area contributed by atoms with Crippen LogP contribution in [0, 0.1) is 6.92 Å². The van der Waals surface area contributed by atoms with Crippen LogP contribution in [0.25, 0.3) is 0 Å². The standard InChI is InChI=1S/C9H15N2.2ClH/c1-9-3-7-11(8-4-9)6-2-5-10;;/h3-4,7-8H,2,5-6,10H2,1H3;2*1H/q+1;;/p-1. The summed E-state index contributed by atoms with van der Waals surface area (Å²) >= 11 is 0. The van der Waals surface area contributed by atoms with Crippen LogP contribution in [0.2, 0.25) is 0 Å². The van der Waals surface area contributed by atoms with Gasteiger partial charge in [-0.3, -0.25) is 0 Å². The zero-order valence-corrected chi connectivity index (χ0v) is 9.31. The first-order valence-corrected chi connectivity index (χ1v) is 3.98. The Hall–Kier alpha value is -0.310. The predicted molar refractivity (Wildman–Crippen MR) is 52.3 cm³/mol. The zero-order chi connectivity index (χ0) is 8.10. The molecule has 4 heteroatoms. The Morgan fingerprint density at radius 3 is 2.31 bits per heavy atom. The molecule has 0 saturated heterocycles. The summed E-state index contributed by atoms with van der Waals surface area (Å²) in [4.78, 5) is 0. The van der Waals surface area contributed by atoms with Gasteiger partial charge in [-0.25, -0.2) is 4.57 Å². The highest BCUT2D eigenvalue weighted by Gasteiger charge is 1.96. The second kappa shape index (κ2) is 8.30. The summed E-state index contributed by atoms with van der Waals surface area (Å²) in [5.74, 6) is 0. The van der Waals surface area contributed by atoms with Crippen LogP contribution < -0.4 is 22.7 Å². The van der Waals surface area contributed by atoms with Gasteiger partial charge in [0.05, 0.1) is 0 Å². The third kappa shape index (κ3) is 5.86. The average molecular weight is 223 g/mol. The molecule has 2 nitrogen and oxygen atoms in total. The Morgan fingerprint density at radius 2 is 1.85 bits per heavy atom. The fourth-order valence-electron chi connectivity index (χ4n) is 0.955. The van der Waals surface area contributed by atoms with Crippen molar-refractivity contribution < 1.29 is 17.0 Å². The molecule has 0 radical (unpaired) electrons. The van der Waals surface area contributed by atoms with Gasteiger partial charge in [0.15, 0.2) is 12.4 Å². The Morgan fingerprint density at radius 1 is 1.31 bits per heavy atom. The van der Waals surface area contributed by atoms with Crippen LogP contribution in [-0.2, 0) is 6.54 Å². The lowest BCUT2D eigenvalue weighted by Gasteiger charge is -1.94. The number of rotatable bonds is 3. The number of hydrogen-bond donors (Lipinski definition) is 1. The van der Waals surface area contributed by atoms with Crippen molar-refractivity contribution >= 4 is 12.4 Å². The average Bonchev–Trinajstić information content (AvgIpc) is 2.04. The molecule has 0 fully saturated rings. The van der Waals surface area contributed by atoms with E-state index in [0.717, 1.165) is 19.5 Å². The van der Waals surface area contributed by atoms with Gasteiger partial charge in [-0.05, 0) is 19.0 Å². The molecule has 0 unspecified atom stereocenters. The van der Waals surface area contributed by atoms with E-state index in [2.05, 4.69) is 36.0 Å². The fraction of sp³-hybridized carbons (Fsp3) is 0.444. The number of aromatic nitrogens is 1.